The van der Waals surface area contributed by atoms with Crippen LogP contribution in [0.5, 0.6) is 5.75 Å². The third kappa shape index (κ3) is 3.77. The van der Waals surface area contributed by atoms with E-state index in [1.807, 2.05) is 36.1 Å². The van der Waals surface area contributed by atoms with Crippen molar-refractivity contribution in [3.05, 3.63) is 48.3 Å². The van der Waals surface area contributed by atoms with Gasteiger partial charge in [0.2, 0.25) is 5.95 Å². The predicted octanol–water partition coefficient (Wildman–Crippen LogP) is 1.51. The summed E-state index contributed by atoms with van der Waals surface area (Å²) in [5.74, 6) is 1.50. The number of nitrogens with zero attached hydrogens (tertiary/aromatic N) is 4. The fourth-order valence-corrected chi connectivity index (χ4v) is 2.56. The van der Waals surface area contributed by atoms with Gasteiger partial charge in [0.15, 0.2) is 6.61 Å². The van der Waals surface area contributed by atoms with Crippen molar-refractivity contribution in [3.8, 4) is 5.75 Å². The number of para-hydroxylation sites is 1. The van der Waals surface area contributed by atoms with Gasteiger partial charge in [-0.2, -0.15) is 0 Å². The summed E-state index contributed by atoms with van der Waals surface area (Å²) >= 11 is 0. The van der Waals surface area contributed by atoms with Gasteiger partial charge in [0, 0.05) is 38.6 Å². The Labute approximate surface area is 135 Å². The summed E-state index contributed by atoms with van der Waals surface area (Å²) in [7, 11) is 0. The van der Waals surface area contributed by atoms with E-state index in [1.54, 1.807) is 18.5 Å². The molecule has 1 aromatic carbocycles. The Kier molecular flexibility index (Phi) is 4.71. The zero-order chi connectivity index (χ0) is 16.1. The molecule has 0 saturated carbocycles. The first-order chi connectivity index (χ1) is 11.2. The first-order valence-corrected chi connectivity index (χ1v) is 7.72. The molecule has 1 amide bonds. The molecule has 1 aliphatic rings. The summed E-state index contributed by atoms with van der Waals surface area (Å²) in [6.07, 6.45) is 3.46. The molecule has 2 heterocycles. The lowest BCUT2D eigenvalue weighted by atomic mass is 10.2. The number of carbonyl (C=O) groups excluding carboxylic acids is 1. The van der Waals surface area contributed by atoms with Crippen LogP contribution in [0, 0.1) is 6.92 Å². The Morgan fingerprint density at radius 2 is 1.78 bits per heavy atom. The summed E-state index contributed by atoms with van der Waals surface area (Å²) in [6.45, 7) is 4.84. The number of aromatic nitrogens is 2. The summed E-state index contributed by atoms with van der Waals surface area (Å²) in [6, 6.07) is 9.51. The highest BCUT2D eigenvalue weighted by atomic mass is 16.5. The van der Waals surface area contributed by atoms with E-state index in [2.05, 4.69) is 14.9 Å². The standard InChI is InChI=1S/C17H20N4O2/c1-14-5-2-3-6-15(14)23-13-16(22)20-9-11-21(12-10-20)17-18-7-4-8-19-17/h2-8H,9-13H2,1H3. The van der Waals surface area contributed by atoms with E-state index in [-0.39, 0.29) is 12.5 Å². The SMILES string of the molecule is Cc1ccccc1OCC(=O)N1CCN(c2ncccn2)CC1. The third-order valence-electron chi connectivity index (χ3n) is 3.91. The van der Waals surface area contributed by atoms with Gasteiger partial charge in [0.05, 0.1) is 0 Å². The Morgan fingerprint density at radius 1 is 1.09 bits per heavy atom. The molecule has 0 unspecified atom stereocenters. The van der Waals surface area contributed by atoms with Crippen molar-refractivity contribution >= 4 is 11.9 Å². The molecule has 120 valence electrons. The molecule has 23 heavy (non-hydrogen) atoms. The maximum Gasteiger partial charge on any atom is 0.260 e. The van der Waals surface area contributed by atoms with Gasteiger partial charge in [-0.3, -0.25) is 4.79 Å². The molecule has 0 spiro atoms. The number of ether oxygens (including phenoxy) is 1. The summed E-state index contributed by atoms with van der Waals surface area (Å²) in [5.41, 5.74) is 1.03. The van der Waals surface area contributed by atoms with Crippen LogP contribution in [-0.2, 0) is 4.79 Å². The maximum atomic E-state index is 12.3. The fraction of sp³-hybridized carbons (Fsp3) is 0.353. The van der Waals surface area contributed by atoms with Gasteiger partial charge in [-0.25, -0.2) is 9.97 Å². The molecule has 0 bridgehead atoms. The number of piperazine rings is 1. The van der Waals surface area contributed by atoms with Crippen molar-refractivity contribution in [1.29, 1.82) is 0 Å². The van der Waals surface area contributed by atoms with Gasteiger partial charge < -0.3 is 14.5 Å². The van der Waals surface area contributed by atoms with E-state index < -0.39 is 0 Å². The second-order valence-corrected chi connectivity index (χ2v) is 5.47. The zero-order valence-corrected chi connectivity index (χ0v) is 13.2. The van der Waals surface area contributed by atoms with Gasteiger partial charge in [-0.05, 0) is 24.6 Å². The average Bonchev–Trinajstić information content (AvgIpc) is 2.62. The highest BCUT2D eigenvalue weighted by Crippen LogP contribution is 2.16. The smallest absolute Gasteiger partial charge is 0.260 e. The highest BCUT2D eigenvalue weighted by Gasteiger charge is 2.22. The topological polar surface area (TPSA) is 58.6 Å². The Bertz CT molecular complexity index is 655. The van der Waals surface area contributed by atoms with Crippen molar-refractivity contribution in [1.82, 2.24) is 14.9 Å². The monoisotopic (exact) mass is 312 g/mol. The van der Waals surface area contributed by atoms with Crippen molar-refractivity contribution in [2.45, 2.75) is 6.92 Å². The molecule has 0 aliphatic carbocycles. The number of carbonyl (C=O) groups is 1. The Hall–Kier alpha value is -2.63. The second-order valence-electron chi connectivity index (χ2n) is 5.47. The molecule has 6 heteroatoms. The van der Waals surface area contributed by atoms with Crippen LogP contribution in [-0.4, -0.2) is 53.6 Å². The van der Waals surface area contributed by atoms with Crippen LogP contribution in [0.2, 0.25) is 0 Å². The normalized spacial score (nSPS) is 14.7. The van der Waals surface area contributed by atoms with E-state index in [0.29, 0.717) is 13.1 Å². The van der Waals surface area contributed by atoms with E-state index in [0.717, 1.165) is 30.4 Å². The minimum atomic E-state index is 0.0156. The Balaban J connectivity index is 1.50. The molecule has 0 N–H and O–H groups in total. The van der Waals surface area contributed by atoms with Crippen LogP contribution in [0.15, 0.2) is 42.7 Å². The van der Waals surface area contributed by atoms with E-state index in [4.69, 9.17) is 4.74 Å². The lowest BCUT2D eigenvalue weighted by molar-refractivity contribution is -0.133. The van der Waals surface area contributed by atoms with Crippen molar-refractivity contribution in [2.75, 3.05) is 37.7 Å². The van der Waals surface area contributed by atoms with Crippen LogP contribution in [0.3, 0.4) is 0 Å². The lowest BCUT2D eigenvalue weighted by Gasteiger charge is -2.34. The summed E-state index contributed by atoms with van der Waals surface area (Å²) in [5, 5.41) is 0. The van der Waals surface area contributed by atoms with Gasteiger partial charge >= 0.3 is 0 Å². The first-order valence-electron chi connectivity index (χ1n) is 7.72. The molecule has 6 nitrogen and oxygen atoms in total. The molecule has 2 aromatic rings. The molecular weight excluding hydrogens is 292 g/mol. The number of aryl methyl sites for hydroxylation is 1. The average molecular weight is 312 g/mol. The summed E-state index contributed by atoms with van der Waals surface area (Å²) in [4.78, 5) is 24.7. The molecule has 1 saturated heterocycles. The van der Waals surface area contributed by atoms with Crippen LogP contribution < -0.4 is 9.64 Å². The minimum absolute atomic E-state index is 0.0156. The van der Waals surface area contributed by atoms with Gasteiger partial charge in [0.1, 0.15) is 5.75 Å². The van der Waals surface area contributed by atoms with Gasteiger partial charge in [-0.15, -0.1) is 0 Å². The number of amides is 1. The number of benzene rings is 1. The number of hydrogen-bond donors (Lipinski definition) is 0. The maximum absolute atomic E-state index is 12.3. The zero-order valence-electron chi connectivity index (χ0n) is 13.2. The molecule has 3 rings (SSSR count). The van der Waals surface area contributed by atoms with E-state index >= 15 is 0 Å². The van der Waals surface area contributed by atoms with Gasteiger partial charge in [-0.1, -0.05) is 18.2 Å². The fourth-order valence-electron chi connectivity index (χ4n) is 2.56. The van der Waals surface area contributed by atoms with Crippen LogP contribution in [0.1, 0.15) is 5.56 Å². The molecular formula is C17H20N4O2. The summed E-state index contributed by atoms with van der Waals surface area (Å²) < 4.78 is 5.63. The van der Waals surface area contributed by atoms with Crippen LogP contribution in [0.4, 0.5) is 5.95 Å². The molecule has 1 aromatic heterocycles. The third-order valence-corrected chi connectivity index (χ3v) is 3.91. The highest BCUT2D eigenvalue weighted by molar-refractivity contribution is 5.78. The van der Waals surface area contributed by atoms with Crippen LogP contribution >= 0.6 is 0 Å². The van der Waals surface area contributed by atoms with Gasteiger partial charge in [0.25, 0.3) is 5.91 Å². The predicted molar refractivity (Wildman–Crippen MR) is 87.5 cm³/mol. The van der Waals surface area contributed by atoms with E-state index in [9.17, 15) is 4.79 Å². The number of anilines is 1. The lowest BCUT2D eigenvalue weighted by Crippen LogP contribution is -2.50. The molecule has 0 radical (unpaired) electrons. The second kappa shape index (κ2) is 7.09. The van der Waals surface area contributed by atoms with Crippen molar-refractivity contribution in [3.63, 3.8) is 0 Å². The number of hydrogen-bond acceptors (Lipinski definition) is 5. The molecule has 1 aliphatic heterocycles. The van der Waals surface area contributed by atoms with Crippen molar-refractivity contribution in [2.24, 2.45) is 0 Å². The molecule has 0 atom stereocenters. The number of rotatable bonds is 4. The molecule has 1 fully saturated rings. The quantitative estimate of drug-likeness (QED) is 0.856. The first kappa shape index (κ1) is 15.3. The van der Waals surface area contributed by atoms with Crippen LogP contribution in [0.25, 0.3) is 0 Å². The Morgan fingerprint density at radius 3 is 2.48 bits per heavy atom. The van der Waals surface area contributed by atoms with E-state index in [1.165, 1.54) is 0 Å². The van der Waals surface area contributed by atoms with Crippen molar-refractivity contribution < 1.29 is 9.53 Å². The minimum Gasteiger partial charge on any atom is -0.484 e. The largest absolute Gasteiger partial charge is 0.484 e.